The molecule has 4 rings (SSSR count). The number of rotatable bonds is 6. The van der Waals surface area contributed by atoms with Gasteiger partial charge in [0.1, 0.15) is 11.6 Å². The second-order valence-corrected chi connectivity index (χ2v) is 8.97. The molecule has 1 saturated heterocycles. The predicted molar refractivity (Wildman–Crippen MR) is 126 cm³/mol. The number of carbonyl (C=O) groups is 1. The Balaban J connectivity index is 1.54. The lowest BCUT2D eigenvalue weighted by atomic mass is 9.91. The molecule has 1 saturated carbocycles. The van der Waals surface area contributed by atoms with Crippen LogP contribution in [-0.4, -0.2) is 53.3 Å². The summed E-state index contributed by atoms with van der Waals surface area (Å²) in [5.74, 6) is -0.370. The van der Waals surface area contributed by atoms with Crippen molar-refractivity contribution in [3.63, 3.8) is 0 Å². The summed E-state index contributed by atoms with van der Waals surface area (Å²) in [5, 5.41) is 6.18. The molecular formula is C23H32FN7O2. The van der Waals surface area contributed by atoms with Gasteiger partial charge in [0, 0.05) is 25.2 Å². The summed E-state index contributed by atoms with van der Waals surface area (Å²) in [6.07, 6.45) is 5.70. The number of nitrogens with two attached hydrogens (primary N) is 2. The molecule has 0 aromatic carbocycles. The Morgan fingerprint density at radius 2 is 1.91 bits per heavy atom. The van der Waals surface area contributed by atoms with Gasteiger partial charge in [-0.15, -0.1) is 0 Å². The lowest BCUT2D eigenvalue weighted by Gasteiger charge is -2.36. The second kappa shape index (κ2) is 9.88. The fourth-order valence-electron chi connectivity index (χ4n) is 4.54. The van der Waals surface area contributed by atoms with Crippen LogP contribution in [-0.2, 0) is 4.74 Å². The Labute approximate surface area is 193 Å². The molecule has 3 heterocycles. The number of carbonyl (C=O) groups excluding carboxylic acids is 1. The first-order valence-electron chi connectivity index (χ1n) is 11.5. The molecule has 33 heavy (non-hydrogen) atoms. The average molecular weight is 458 g/mol. The van der Waals surface area contributed by atoms with E-state index in [0.29, 0.717) is 5.69 Å². The molecule has 0 spiro atoms. The summed E-state index contributed by atoms with van der Waals surface area (Å²) in [6.45, 7) is 5.59. The van der Waals surface area contributed by atoms with E-state index in [-0.39, 0.29) is 41.5 Å². The third-order valence-electron chi connectivity index (χ3n) is 6.14. The molecule has 6 N–H and O–H groups in total. The SMILES string of the molecule is C[C@@H]1CN(c2ccc(Nc3nc(NC4CCCC[C@@H]4N)c(F)cc3C(N)=O)cn2)C[C@H](C)O1. The van der Waals surface area contributed by atoms with Gasteiger partial charge in [0.2, 0.25) is 0 Å². The molecule has 2 fully saturated rings. The number of halogens is 1. The predicted octanol–water partition coefficient (Wildman–Crippen LogP) is 2.75. The number of hydrogen-bond acceptors (Lipinski definition) is 8. The van der Waals surface area contributed by atoms with Crippen LogP contribution in [0.1, 0.15) is 49.9 Å². The Kier molecular flexibility index (Phi) is 6.94. The highest BCUT2D eigenvalue weighted by atomic mass is 19.1. The summed E-state index contributed by atoms with van der Waals surface area (Å²) in [7, 11) is 0. The first-order chi connectivity index (χ1) is 15.8. The molecule has 178 valence electrons. The van der Waals surface area contributed by atoms with Gasteiger partial charge in [-0.05, 0) is 44.9 Å². The van der Waals surface area contributed by atoms with Crippen molar-refractivity contribution < 1.29 is 13.9 Å². The maximum Gasteiger partial charge on any atom is 0.252 e. The minimum atomic E-state index is -0.773. The number of morpholine rings is 1. The number of aromatic nitrogens is 2. The first kappa shape index (κ1) is 23.2. The summed E-state index contributed by atoms with van der Waals surface area (Å²) in [5.41, 5.74) is 12.2. The molecule has 1 aliphatic carbocycles. The number of nitrogens with zero attached hydrogens (tertiary/aromatic N) is 3. The standard InChI is InChI=1S/C23H32FN7O2/c1-13-11-31(12-14(2)33-13)20-8-7-15(10-27-20)28-22-16(21(26)32)9-17(24)23(30-22)29-19-6-4-3-5-18(19)25/h7-10,13-14,18-19H,3-6,11-12,25H2,1-2H3,(H2,26,32)(H2,28,29,30)/t13-,14+,18-,19?/m0/s1. The molecule has 0 bridgehead atoms. The van der Waals surface area contributed by atoms with E-state index in [2.05, 4.69) is 25.5 Å². The molecule has 2 aromatic rings. The lowest BCUT2D eigenvalue weighted by Crippen LogP contribution is -2.45. The quantitative estimate of drug-likeness (QED) is 0.521. The number of nitrogens with one attached hydrogen (secondary N) is 2. The number of primary amides is 1. The monoisotopic (exact) mass is 457 g/mol. The molecule has 1 amide bonds. The highest BCUT2D eigenvalue weighted by molar-refractivity contribution is 5.98. The fourth-order valence-corrected chi connectivity index (χ4v) is 4.54. The molecule has 1 aliphatic heterocycles. The van der Waals surface area contributed by atoms with E-state index in [1.54, 1.807) is 6.20 Å². The maximum atomic E-state index is 14.7. The van der Waals surface area contributed by atoms with Gasteiger partial charge in [-0.25, -0.2) is 14.4 Å². The molecule has 4 atom stereocenters. The maximum absolute atomic E-state index is 14.7. The molecule has 2 aliphatic rings. The second-order valence-electron chi connectivity index (χ2n) is 8.97. The molecular weight excluding hydrogens is 425 g/mol. The zero-order chi connectivity index (χ0) is 23.5. The lowest BCUT2D eigenvalue weighted by molar-refractivity contribution is -0.00545. The smallest absolute Gasteiger partial charge is 0.252 e. The Morgan fingerprint density at radius 1 is 1.18 bits per heavy atom. The van der Waals surface area contributed by atoms with Gasteiger partial charge in [-0.3, -0.25) is 4.79 Å². The van der Waals surface area contributed by atoms with Crippen molar-refractivity contribution in [1.29, 1.82) is 0 Å². The molecule has 1 unspecified atom stereocenters. The van der Waals surface area contributed by atoms with Gasteiger partial charge >= 0.3 is 0 Å². The van der Waals surface area contributed by atoms with Crippen molar-refractivity contribution in [2.24, 2.45) is 11.5 Å². The van der Waals surface area contributed by atoms with Crippen LogP contribution in [0.3, 0.4) is 0 Å². The largest absolute Gasteiger partial charge is 0.372 e. The number of hydrogen-bond donors (Lipinski definition) is 4. The van der Waals surface area contributed by atoms with Crippen molar-refractivity contribution in [1.82, 2.24) is 9.97 Å². The van der Waals surface area contributed by atoms with E-state index >= 15 is 0 Å². The van der Waals surface area contributed by atoms with Crippen molar-refractivity contribution in [3.8, 4) is 0 Å². The van der Waals surface area contributed by atoms with Gasteiger partial charge in [0.05, 0.1) is 29.7 Å². The molecule has 9 nitrogen and oxygen atoms in total. The van der Waals surface area contributed by atoms with Gasteiger partial charge < -0.3 is 31.7 Å². The minimum absolute atomic E-state index is 0.0362. The number of pyridine rings is 2. The van der Waals surface area contributed by atoms with Gasteiger partial charge in [0.25, 0.3) is 5.91 Å². The van der Waals surface area contributed by atoms with E-state index in [9.17, 15) is 9.18 Å². The van der Waals surface area contributed by atoms with Crippen LogP contribution in [0.5, 0.6) is 0 Å². The van der Waals surface area contributed by atoms with Gasteiger partial charge in [0.15, 0.2) is 11.6 Å². The molecule has 0 radical (unpaired) electrons. The van der Waals surface area contributed by atoms with Crippen molar-refractivity contribution in [2.45, 2.75) is 63.8 Å². The van der Waals surface area contributed by atoms with Crippen molar-refractivity contribution in [3.05, 3.63) is 35.8 Å². The Morgan fingerprint density at radius 3 is 2.55 bits per heavy atom. The Hall–Kier alpha value is -2.98. The third kappa shape index (κ3) is 5.51. The van der Waals surface area contributed by atoms with E-state index in [0.717, 1.165) is 50.7 Å². The van der Waals surface area contributed by atoms with Crippen LogP contribution >= 0.6 is 0 Å². The molecule has 2 aromatic heterocycles. The van der Waals surface area contributed by atoms with Crippen LogP contribution in [0.15, 0.2) is 24.4 Å². The summed E-state index contributed by atoms with van der Waals surface area (Å²) >= 11 is 0. The number of ether oxygens (including phenoxy) is 1. The highest BCUT2D eigenvalue weighted by Gasteiger charge is 2.25. The van der Waals surface area contributed by atoms with E-state index < -0.39 is 11.7 Å². The molecule has 10 heteroatoms. The number of amides is 1. The van der Waals surface area contributed by atoms with Crippen LogP contribution in [0.2, 0.25) is 0 Å². The van der Waals surface area contributed by atoms with Gasteiger partial charge in [-0.2, -0.15) is 0 Å². The van der Waals surface area contributed by atoms with Crippen LogP contribution in [0.25, 0.3) is 0 Å². The van der Waals surface area contributed by atoms with E-state index in [1.807, 2.05) is 26.0 Å². The normalized spacial score (nSPS) is 25.5. The Bertz CT molecular complexity index is 978. The first-order valence-corrected chi connectivity index (χ1v) is 11.5. The van der Waals surface area contributed by atoms with Crippen LogP contribution < -0.4 is 27.0 Å². The summed E-state index contributed by atoms with van der Waals surface area (Å²) in [6, 6.07) is 4.68. The van der Waals surface area contributed by atoms with Crippen LogP contribution in [0, 0.1) is 5.82 Å². The van der Waals surface area contributed by atoms with Crippen molar-refractivity contribution >= 4 is 29.0 Å². The van der Waals surface area contributed by atoms with Gasteiger partial charge in [-0.1, -0.05) is 12.8 Å². The number of anilines is 4. The van der Waals surface area contributed by atoms with Crippen LogP contribution in [0.4, 0.5) is 27.5 Å². The van der Waals surface area contributed by atoms with E-state index in [4.69, 9.17) is 16.2 Å². The zero-order valence-corrected chi connectivity index (χ0v) is 19.1. The highest BCUT2D eigenvalue weighted by Crippen LogP contribution is 2.27. The fraction of sp³-hybridized carbons (Fsp3) is 0.522. The average Bonchev–Trinajstić information content (AvgIpc) is 2.77. The van der Waals surface area contributed by atoms with E-state index in [1.165, 1.54) is 0 Å². The minimum Gasteiger partial charge on any atom is -0.372 e. The third-order valence-corrected chi connectivity index (χ3v) is 6.14. The summed E-state index contributed by atoms with van der Waals surface area (Å²) in [4.78, 5) is 23.0. The van der Waals surface area contributed by atoms with Crippen molar-refractivity contribution in [2.75, 3.05) is 28.6 Å². The zero-order valence-electron chi connectivity index (χ0n) is 19.1. The summed E-state index contributed by atoms with van der Waals surface area (Å²) < 4.78 is 20.5. The topological polar surface area (TPSA) is 131 Å².